The van der Waals surface area contributed by atoms with Crippen LogP contribution in [0.2, 0.25) is 0 Å². The molecule has 25 heavy (non-hydrogen) atoms. The Morgan fingerprint density at radius 2 is 1.72 bits per heavy atom. The Balaban J connectivity index is 2.05. The minimum absolute atomic E-state index is 0.365. The molecule has 1 unspecified atom stereocenters. The number of aryl methyl sites for hydroxylation is 1. The highest BCUT2D eigenvalue weighted by Gasteiger charge is 2.42. The molecule has 136 valence electrons. The van der Waals surface area contributed by atoms with Crippen LogP contribution in [0.25, 0.3) is 0 Å². The number of carbonyl (C=O) groups is 3. The predicted octanol–water partition coefficient (Wildman–Crippen LogP) is 4.54. The van der Waals surface area contributed by atoms with E-state index >= 15 is 0 Å². The van der Waals surface area contributed by atoms with Crippen molar-refractivity contribution in [1.82, 2.24) is 0 Å². The van der Waals surface area contributed by atoms with Crippen molar-refractivity contribution in [3.8, 4) is 0 Å². The van der Waals surface area contributed by atoms with Crippen molar-refractivity contribution >= 4 is 17.5 Å². The summed E-state index contributed by atoms with van der Waals surface area (Å²) in [5.74, 6) is -1.64. The van der Waals surface area contributed by atoms with E-state index in [2.05, 4.69) is 6.92 Å². The molecule has 0 heterocycles. The quantitative estimate of drug-likeness (QED) is 0.375. The molecule has 0 aliphatic heterocycles. The number of rotatable bonds is 9. The second-order valence-electron chi connectivity index (χ2n) is 7.06. The molecule has 0 bridgehead atoms. The fourth-order valence-corrected chi connectivity index (χ4v) is 3.15. The van der Waals surface area contributed by atoms with Crippen molar-refractivity contribution in [2.75, 3.05) is 0 Å². The van der Waals surface area contributed by atoms with Gasteiger partial charge in [-0.05, 0) is 18.4 Å². The summed E-state index contributed by atoms with van der Waals surface area (Å²) in [5.41, 5.74) is 1.76. The van der Waals surface area contributed by atoms with Gasteiger partial charge in [0.15, 0.2) is 0 Å². The van der Waals surface area contributed by atoms with Crippen LogP contribution in [-0.2, 0) is 16.0 Å². The molecule has 1 atom stereocenters. The Morgan fingerprint density at radius 3 is 2.40 bits per heavy atom. The Labute approximate surface area is 149 Å². The Hall–Kier alpha value is -1.97. The van der Waals surface area contributed by atoms with Crippen LogP contribution in [0.15, 0.2) is 18.2 Å². The van der Waals surface area contributed by atoms with Gasteiger partial charge in [0.2, 0.25) is 17.7 Å². The van der Waals surface area contributed by atoms with E-state index in [1.54, 1.807) is 19.9 Å². The fourth-order valence-electron chi connectivity index (χ4n) is 3.15. The topological polar surface area (TPSA) is 60.4 Å². The summed E-state index contributed by atoms with van der Waals surface area (Å²) in [6, 6.07) is 5.37. The molecule has 0 fully saturated rings. The highest BCUT2D eigenvalue weighted by molar-refractivity contribution is 6.29. The average molecular weight is 344 g/mol. The third-order valence-electron chi connectivity index (χ3n) is 4.64. The van der Waals surface area contributed by atoms with Crippen LogP contribution in [0, 0.1) is 5.92 Å². The number of esters is 1. The van der Waals surface area contributed by atoms with Crippen LogP contribution in [0.3, 0.4) is 0 Å². The molecule has 0 amide bonds. The smallest absolute Gasteiger partial charge is 0.309 e. The third-order valence-corrected chi connectivity index (χ3v) is 4.64. The minimum Gasteiger partial charge on any atom is -0.445 e. The first-order chi connectivity index (χ1) is 12.0. The number of ketones is 2. The second kappa shape index (κ2) is 8.93. The molecule has 0 aromatic heterocycles. The SMILES string of the molecule is CCCCCCCCc1cccc2c1C(=O)C(OC(=O)C(C)C)C2=O. The van der Waals surface area contributed by atoms with E-state index < -0.39 is 17.9 Å². The summed E-state index contributed by atoms with van der Waals surface area (Å²) < 4.78 is 5.17. The molecule has 0 saturated carbocycles. The zero-order chi connectivity index (χ0) is 18.4. The van der Waals surface area contributed by atoms with Crippen molar-refractivity contribution in [3.05, 3.63) is 34.9 Å². The van der Waals surface area contributed by atoms with E-state index in [4.69, 9.17) is 4.74 Å². The zero-order valence-electron chi connectivity index (χ0n) is 15.5. The molecule has 0 saturated heterocycles. The minimum atomic E-state index is -1.30. The van der Waals surface area contributed by atoms with Crippen LogP contribution in [0.5, 0.6) is 0 Å². The van der Waals surface area contributed by atoms with Crippen molar-refractivity contribution in [3.63, 3.8) is 0 Å². The normalized spacial score (nSPS) is 16.4. The highest BCUT2D eigenvalue weighted by atomic mass is 16.6. The van der Waals surface area contributed by atoms with Crippen molar-refractivity contribution in [2.24, 2.45) is 5.92 Å². The Kier molecular flexibility index (Phi) is 6.91. The summed E-state index contributed by atoms with van der Waals surface area (Å²) in [5, 5.41) is 0. The molecular formula is C21H28O4. The first-order valence-corrected chi connectivity index (χ1v) is 9.38. The van der Waals surface area contributed by atoms with Gasteiger partial charge in [0.05, 0.1) is 5.92 Å². The van der Waals surface area contributed by atoms with Gasteiger partial charge in [0, 0.05) is 11.1 Å². The molecule has 1 aliphatic rings. The first kappa shape index (κ1) is 19.4. The van der Waals surface area contributed by atoms with E-state index in [1.807, 2.05) is 12.1 Å². The van der Waals surface area contributed by atoms with Gasteiger partial charge in [-0.1, -0.05) is 71.1 Å². The number of unbranched alkanes of at least 4 members (excludes halogenated alkanes) is 5. The van der Waals surface area contributed by atoms with Crippen molar-refractivity contribution < 1.29 is 19.1 Å². The lowest BCUT2D eigenvalue weighted by molar-refractivity contribution is -0.148. The third kappa shape index (κ3) is 4.56. The van der Waals surface area contributed by atoms with E-state index in [9.17, 15) is 14.4 Å². The highest BCUT2D eigenvalue weighted by Crippen LogP contribution is 2.29. The zero-order valence-corrected chi connectivity index (χ0v) is 15.5. The lowest BCUT2D eigenvalue weighted by atomic mass is 9.97. The summed E-state index contributed by atoms with van der Waals surface area (Å²) >= 11 is 0. The first-order valence-electron chi connectivity index (χ1n) is 9.38. The standard InChI is InChI=1S/C21H28O4/c1-4-5-6-7-8-9-11-15-12-10-13-16-17(15)19(23)20(18(16)22)25-21(24)14(2)3/h10,12-14,20H,4-9,11H2,1-3H3. The molecular weight excluding hydrogens is 316 g/mol. The van der Waals surface area contributed by atoms with Gasteiger partial charge < -0.3 is 4.74 Å². The van der Waals surface area contributed by atoms with Crippen LogP contribution >= 0.6 is 0 Å². The van der Waals surface area contributed by atoms with Gasteiger partial charge in [0.1, 0.15) is 0 Å². The van der Waals surface area contributed by atoms with Gasteiger partial charge in [-0.15, -0.1) is 0 Å². The van der Waals surface area contributed by atoms with Crippen LogP contribution in [-0.4, -0.2) is 23.6 Å². The molecule has 1 aromatic carbocycles. The van der Waals surface area contributed by atoms with Crippen LogP contribution in [0.4, 0.5) is 0 Å². The van der Waals surface area contributed by atoms with Crippen molar-refractivity contribution in [1.29, 1.82) is 0 Å². The summed E-state index contributed by atoms with van der Waals surface area (Å²) in [6.45, 7) is 5.56. The maximum atomic E-state index is 12.7. The number of hydrogen-bond acceptors (Lipinski definition) is 4. The maximum Gasteiger partial charge on any atom is 0.309 e. The molecule has 2 rings (SSSR count). The molecule has 0 N–H and O–H groups in total. The summed E-state index contributed by atoms with van der Waals surface area (Å²) in [7, 11) is 0. The second-order valence-corrected chi connectivity index (χ2v) is 7.06. The molecule has 4 nitrogen and oxygen atoms in total. The van der Waals surface area contributed by atoms with Crippen LogP contribution < -0.4 is 0 Å². The largest absolute Gasteiger partial charge is 0.445 e. The van der Waals surface area contributed by atoms with Gasteiger partial charge in [-0.2, -0.15) is 0 Å². The Bertz CT molecular complexity index is 645. The van der Waals surface area contributed by atoms with Gasteiger partial charge in [0.25, 0.3) is 0 Å². The average Bonchev–Trinajstić information content (AvgIpc) is 2.83. The van der Waals surface area contributed by atoms with Gasteiger partial charge in [-0.3, -0.25) is 14.4 Å². The number of ether oxygens (including phenoxy) is 1. The number of fused-ring (bicyclic) bond motifs is 1. The lowest BCUT2D eigenvalue weighted by Crippen LogP contribution is -2.30. The summed E-state index contributed by atoms with van der Waals surface area (Å²) in [4.78, 5) is 36.9. The number of hydrogen-bond donors (Lipinski definition) is 0. The monoisotopic (exact) mass is 344 g/mol. The van der Waals surface area contributed by atoms with Gasteiger partial charge >= 0.3 is 5.97 Å². The predicted molar refractivity (Wildman–Crippen MR) is 96.9 cm³/mol. The number of carbonyl (C=O) groups excluding carboxylic acids is 3. The Morgan fingerprint density at radius 1 is 1.04 bits per heavy atom. The maximum absolute atomic E-state index is 12.7. The van der Waals surface area contributed by atoms with E-state index in [0.717, 1.165) is 24.8 Å². The lowest BCUT2D eigenvalue weighted by Gasteiger charge is -2.11. The van der Waals surface area contributed by atoms with E-state index in [1.165, 1.54) is 25.7 Å². The van der Waals surface area contributed by atoms with Crippen LogP contribution in [0.1, 0.15) is 85.6 Å². The molecule has 1 aromatic rings. The van der Waals surface area contributed by atoms with E-state index in [0.29, 0.717) is 11.1 Å². The molecule has 1 aliphatic carbocycles. The summed E-state index contributed by atoms with van der Waals surface area (Å²) in [6.07, 6.45) is 6.53. The fraction of sp³-hybridized carbons (Fsp3) is 0.571. The molecule has 0 radical (unpaired) electrons. The molecule has 4 heteroatoms. The van der Waals surface area contributed by atoms with Crippen molar-refractivity contribution in [2.45, 2.75) is 71.8 Å². The number of benzene rings is 1. The van der Waals surface area contributed by atoms with Gasteiger partial charge in [-0.25, -0.2) is 0 Å². The number of Topliss-reactive ketones (excluding diaryl/α,β-unsaturated/α-hetero) is 2. The van der Waals surface area contributed by atoms with E-state index in [-0.39, 0.29) is 11.7 Å². The molecule has 0 spiro atoms.